The molecule has 2 aromatic rings. The predicted octanol–water partition coefficient (Wildman–Crippen LogP) is 4.91. The molecule has 2 heterocycles. The van der Waals surface area contributed by atoms with E-state index in [2.05, 4.69) is 4.99 Å². The molecule has 1 aromatic heterocycles. The average molecular weight is 396 g/mol. The molecule has 4 rings (SSSR count). The van der Waals surface area contributed by atoms with E-state index in [0.29, 0.717) is 21.5 Å². The molecule has 1 saturated heterocycles. The van der Waals surface area contributed by atoms with E-state index in [0.717, 1.165) is 25.7 Å². The number of furan rings is 1. The first kappa shape index (κ1) is 18.6. The molecule has 0 radical (unpaired) electrons. The van der Waals surface area contributed by atoms with E-state index in [1.165, 1.54) is 30.3 Å². The van der Waals surface area contributed by atoms with Crippen LogP contribution >= 0.6 is 11.8 Å². The van der Waals surface area contributed by atoms with Gasteiger partial charge in [0.15, 0.2) is 5.17 Å². The van der Waals surface area contributed by atoms with E-state index >= 15 is 0 Å². The summed E-state index contributed by atoms with van der Waals surface area (Å²) in [5.74, 6) is -0.449. The summed E-state index contributed by atoms with van der Waals surface area (Å²) >= 11 is 1.31. The summed E-state index contributed by atoms with van der Waals surface area (Å²) in [5.41, 5.74) is 0.696. The first-order valence-corrected chi connectivity index (χ1v) is 10.1. The van der Waals surface area contributed by atoms with Crippen molar-refractivity contribution in [2.24, 2.45) is 4.99 Å². The van der Waals surface area contributed by atoms with Gasteiger partial charge < -0.3 is 9.52 Å². The van der Waals surface area contributed by atoms with Gasteiger partial charge in [0, 0.05) is 12.1 Å². The second kappa shape index (κ2) is 8.06. The lowest BCUT2D eigenvalue weighted by atomic mass is 9.94. The zero-order valence-corrected chi connectivity index (χ0v) is 16.0. The molecule has 1 amide bonds. The number of amidine groups is 1. The van der Waals surface area contributed by atoms with Gasteiger partial charge in [-0.05, 0) is 54.9 Å². The standard InChI is InChI=1S/C21H20N2O4S/c24-19-18(13-17-10-5-11-27-17)28-21(23(19)16-8-2-1-3-9-16)22-15-7-4-6-14(12-15)20(25)26/h4-7,10-13,16H,1-3,8-9H2,(H,25,26)/b18-13+,22-21?. The molecule has 144 valence electrons. The Morgan fingerprint density at radius 3 is 2.75 bits per heavy atom. The van der Waals surface area contributed by atoms with Crippen molar-refractivity contribution < 1.29 is 19.1 Å². The fraction of sp³-hybridized carbons (Fsp3) is 0.286. The van der Waals surface area contributed by atoms with Crippen molar-refractivity contribution in [2.75, 3.05) is 0 Å². The molecule has 1 saturated carbocycles. The van der Waals surface area contributed by atoms with Crippen molar-refractivity contribution in [3.8, 4) is 0 Å². The highest BCUT2D eigenvalue weighted by atomic mass is 32.2. The van der Waals surface area contributed by atoms with E-state index in [1.54, 1.807) is 41.5 Å². The minimum Gasteiger partial charge on any atom is -0.478 e. The summed E-state index contributed by atoms with van der Waals surface area (Å²) in [6.07, 6.45) is 8.59. The van der Waals surface area contributed by atoms with Crippen LogP contribution in [0.1, 0.15) is 48.2 Å². The second-order valence-corrected chi connectivity index (χ2v) is 7.85. The van der Waals surface area contributed by atoms with E-state index in [1.807, 2.05) is 0 Å². The molecule has 2 fully saturated rings. The number of benzene rings is 1. The summed E-state index contributed by atoms with van der Waals surface area (Å²) in [7, 11) is 0. The van der Waals surface area contributed by atoms with Gasteiger partial charge in [0.2, 0.25) is 0 Å². The Labute approximate surface area is 166 Å². The summed E-state index contributed by atoms with van der Waals surface area (Å²) in [6.45, 7) is 0. The summed E-state index contributed by atoms with van der Waals surface area (Å²) in [5, 5.41) is 9.81. The Bertz CT molecular complexity index is 943. The van der Waals surface area contributed by atoms with Crippen molar-refractivity contribution >= 4 is 40.6 Å². The van der Waals surface area contributed by atoms with Crippen molar-refractivity contribution in [1.29, 1.82) is 0 Å². The minimum atomic E-state index is -1.00. The summed E-state index contributed by atoms with van der Waals surface area (Å²) < 4.78 is 5.35. The van der Waals surface area contributed by atoms with Crippen LogP contribution in [0.15, 0.2) is 57.0 Å². The fourth-order valence-electron chi connectivity index (χ4n) is 3.55. The number of nitrogens with zero attached hydrogens (tertiary/aromatic N) is 2. The Morgan fingerprint density at radius 1 is 1.21 bits per heavy atom. The molecule has 0 unspecified atom stereocenters. The Hall–Kier alpha value is -2.80. The van der Waals surface area contributed by atoms with Gasteiger partial charge in [-0.3, -0.25) is 9.69 Å². The maximum Gasteiger partial charge on any atom is 0.335 e. The maximum absolute atomic E-state index is 13.1. The fourth-order valence-corrected chi connectivity index (χ4v) is 4.59. The molecule has 7 heteroatoms. The lowest BCUT2D eigenvalue weighted by molar-refractivity contribution is -0.124. The highest BCUT2D eigenvalue weighted by Gasteiger charge is 2.38. The Morgan fingerprint density at radius 2 is 2.04 bits per heavy atom. The molecule has 1 aromatic carbocycles. The van der Waals surface area contributed by atoms with Gasteiger partial charge in [-0.15, -0.1) is 0 Å². The third kappa shape index (κ3) is 3.89. The average Bonchev–Trinajstić information content (AvgIpc) is 3.31. The number of rotatable bonds is 4. The van der Waals surface area contributed by atoms with Gasteiger partial charge in [0.25, 0.3) is 5.91 Å². The Kier molecular flexibility index (Phi) is 5.34. The van der Waals surface area contributed by atoms with Gasteiger partial charge in [0.1, 0.15) is 5.76 Å². The Balaban J connectivity index is 1.70. The molecule has 1 N–H and O–H groups in total. The highest BCUT2D eigenvalue weighted by molar-refractivity contribution is 8.18. The number of carbonyl (C=O) groups excluding carboxylic acids is 1. The quantitative estimate of drug-likeness (QED) is 0.742. The molecule has 0 atom stereocenters. The lowest BCUT2D eigenvalue weighted by Crippen LogP contribution is -2.40. The first-order valence-electron chi connectivity index (χ1n) is 9.30. The molecule has 2 aliphatic rings. The molecule has 1 aliphatic carbocycles. The predicted molar refractivity (Wildman–Crippen MR) is 108 cm³/mol. The van der Waals surface area contributed by atoms with Crippen molar-refractivity contribution in [1.82, 2.24) is 4.90 Å². The SMILES string of the molecule is O=C(O)c1cccc(N=C2S/C(=C/c3ccco3)C(=O)N2C2CCCCC2)c1. The second-order valence-electron chi connectivity index (χ2n) is 6.84. The number of hydrogen-bond donors (Lipinski definition) is 1. The van der Waals surface area contributed by atoms with Gasteiger partial charge in [-0.25, -0.2) is 9.79 Å². The van der Waals surface area contributed by atoms with Gasteiger partial charge >= 0.3 is 5.97 Å². The molecule has 0 spiro atoms. The zero-order valence-electron chi connectivity index (χ0n) is 15.2. The van der Waals surface area contributed by atoms with Crippen LogP contribution in [0.2, 0.25) is 0 Å². The van der Waals surface area contributed by atoms with E-state index < -0.39 is 5.97 Å². The van der Waals surface area contributed by atoms with Crippen molar-refractivity contribution in [3.63, 3.8) is 0 Å². The third-order valence-electron chi connectivity index (χ3n) is 4.91. The number of thioether (sulfide) groups is 1. The first-order chi connectivity index (χ1) is 13.6. The number of aromatic carboxylic acids is 1. The number of carbonyl (C=O) groups is 2. The number of carboxylic acids is 1. The van der Waals surface area contributed by atoms with Crippen LogP contribution < -0.4 is 0 Å². The van der Waals surface area contributed by atoms with Gasteiger partial charge in [-0.1, -0.05) is 25.3 Å². The van der Waals surface area contributed by atoms with Crippen molar-refractivity contribution in [3.05, 3.63) is 58.9 Å². The van der Waals surface area contributed by atoms with Crippen LogP contribution in [0.4, 0.5) is 5.69 Å². The van der Waals surface area contributed by atoms with Gasteiger partial charge in [-0.2, -0.15) is 0 Å². The summed E-state index contributed by atoms with van der Waals surface area (Å²) in [4.78, 5) is 31.4. The number of carboxylic acid groups (broad SMARTS) is 1. The number of amides is 1. The largest absolute Gasteiger partial charge is 0.478 e. The molecular weight excluding hydrogens is 376 g/mol. The van der Waals surface area contributed by atoms with Crippen molar-refractivity contribution in [2.45, 2.75) is 38.1 Å². The van der Waals surface area contributed by atoms with E-state index in [4.69, 9.17) is 4.42 Å². The van der Waals surface area contributed by atoms with Crippen LogP contribution in [-0.4, -0.2) is 33.1 Å². The normalized spacial score (nSPS) is 21.0. The van der Waals surface area contributed by atoms with Crippen LogP contribution in [0.25, 0.3) is 6.08 Å². The lowest BCUT2D eigenvalue weighted by Gasteiger charge is -2.30. The van der Waals surface area contributed by atoms with E-state index in [-0.39, 0.29) is 17.5 Å². The summed E-state index contributed by atoms with van der Waals surface area (Å²) in [6, 6.07) is 10.2. The van der Waals surface area contributed by atoms with Crippen LogP contribution in [0.3, 0.4) is 0 Å². The topological polar surface area (TPSA) is 83.1 Å². The minimum absolute atomic E-state index is 0.0681. The number of hydrogen-bond acceptors (Lipinski definition) is 5. The van der Waals surface area contributed by atoms with Crippen LogP contribution in [0, 0.1) is 0 Å². The molecule has 0 bridgehead atoms. The van der Waals surface area contributed by atoms with Gasteiger partial charge in [0.05, 0.1) is 22.4 Å². The third-order valence-corrected chi connectivity index (χ3v) is 5.89. The maximum atomic E-state index is 13.1. The highest BCUT2D eigenvalue weighted by Crippen LogP contribution is 2.38. The molecule has 28 heavy (non-hydrogen) atoms. The smallest absolute Gasteiger partial charge is 0.335 e. The molecule has 6 nitrogen and oxygen atoms in total. The monoisotopic (exact) mass is 396 g/mol. The molecule has 1 aliphatic heterocycles. The van der Waals surface area contributed by atoms with Crippen LogP contribution in [0.5, 0.6) is 0 Å². The van der Waals surface area contributed by atoms with Crippen LogP contribution in [-0.2, 0) is 4.79 Å². The zero-order chi connectivity index (χ0) is 19.5. The molecular formula is C21H20N2O4S. The van der Waals surface area contributed by atoms with E-state index in [9.17, 15) is 14.7 Å². The number of aliphatic imine (C=N–C) groups is 1.